The van der Waals surface area contributed by atoms with Crippen molar-refractivity contribution in [1.29, 1.82) is 0 Å². The summed E-state index contributed by atoms with van der Waals surface area (Å²) < 4.78 is 52.9. The topological polar surface area (TPSA) is 67.8 Å². The summed E-state index contributed by atoms with van der Waals surface area (Å²) in [5.41, 5.74) is -4.54. The van der Waals surface area contributed by atoms with Crippen LogP contribution >= 0.6 is 22.9 Å². The molecular formula is C14H8ClF4N3O2S. The van der Waals surface area contributed by atoms with Crippen molar-refractivity contribution in [3.8, 4) is 5.69 Å². The summed E-state index contributed by atoms with van der Waals surface area (Å²) in [4.78, 5) is 29.9. The second-order valence-corrected chi connectivity index (χ2v) is 6.48. The third kappa shape index (κ3) is 2.95. The van der Waals surface area contributed by atoms with Gasteiger partial charge in [0.25, 0.3) is 5.56 Å². The van der Waals surface area contributed by atoms with Crippen molar-refractivity contribution in [2.75, 3.05) is 0 Å². The Balaban J connectivity index is 2.40. The summed E-state index contributed by atoms with van der Waals surface area (Å²) in [5, 5.41) is 0.545. The quantitative estimate of drug-likeness (QED) is 0.677. The Morgan fingerprint density at radius 3 is 2.56 bits per heavy atom. The maximum absolute atomic E-state index is 14.4. The maximum Gasteiger partial charge on any atom is 0.431 e. The number of aryl methyl sites for hydroxylation is 1. The molecule has 1 aromatic carbocycles. The van der Waals surface area contributed by atoms with Crippen molar-refractivity contribution in [1.82, 2.24) is 14.5 Å². The third-order valence-corrected chi connectivity index (χ3v) is 4.85. The molecule has 0 unspecified atom stereocenters. The molecule has 0 spiro atoms. The van der Waals surface area contributed by atoms with Crippen LogP contribution in [0.5, 0.6) is 0 Å². The van der Waals surface area contributed by atoms with E-state index in [4.69, 9.17) is 11.6 Å². The van der Waals surface area contributed by atoms with Gasteiger partial charge in [0.2, 0.25) is 0 Å². The van der Waals surface area contributed by atoms with E-state index in [0.29, 0.717) is 16.0 Å². The first-order valence-electron chi connectivity index (χ1n) is 6.84. The molecule has 0 saturated heterocycles. The normalized spacial score (nSPS) is 12.1. The SMILES string of the molecule is CCc1nc2c(Cl)cc(F)c(-n3c(=O)cc(C(F)(F)F)[nH]c3=O)c2s1. The zero-order chi connectivity index (χ0) is 18.5. The highest BCUT2D eigenvalue weighted by Crippen LogP contribution is 2.35. The molecular weight excluding hydrogens is 386 g/mol. The lowest BCUT2D eigenvalue weighted by Gasteiger charge is -2.10. The fraction of sp³-hybridized carbons (Fsp3) is 0.214. The minimum absolute atomic E-state index is 0.0245. The van der Waals surface area contributed by atoms with E-state index in [2.05, 4.69) is 4.98 Å². The molecule has 3 rings (SSSR count). The standard InChI is InChI=1S/C14H8ClF4N3O2S/c1-2-8-21-10-5(15)3-6(16)11(12(10)25-8)22-9(23)4-7(14(17,18)19)20-13(22)24/h3-4H,2H2,1H3,(H,20,24). The van der Waals surface area contributed by atoms with E-state index < -0.39 is 34.6 Å². The van der Waals surface area contributed by atoms with E-state index >= 15 is 0 Å². The minimum atomic E-state index is -4.91. The number of rotatable bonds is 2. The summed E-state index contributed by atoms with van der Waals surface area (Å²) in [6, 6.07) is 1.06. The van der Waals surface area contributed by atoms with Crippen molar-refractivity contribution < 1.29 is 17.6 Å². The Bertz CT molecular complexity index is 1070. The van der Waals surface area contributed by atoms with Crippen LogP contribution in [-0.4, -0.2) is 14.5 Å². The van der Waals surface area contributed by atoms with Crippen molar-refractivity contribution in [2.45, 2.75) is 19.5 Å². The number of nitrogens with zero attached hydrogens (tertiary/aromatic N) is 2. The van der Waals surface area contributed by atoms with Gasteiger partial charge in [-0.1, -0.05) is 18.5 Å². The average Bonchev–Trinajstić information content (AvgIpc) is 2.93. The Labute approximate surface area is 145 Å². The number of H-pyrrole nitrogens is 1. The van der Waals surface area contributed by atoms with E-state index in [1.807, 2.05) is 0 Å². The van der Waals surface area contributed by atoms with Gasteiger partial charge in [-0.2, -0.15) is 13.2 Å². The highest BCUT2D eigenvalue weighted by atomic mass is 35.5. The number of aromatic amines is 1. The maximum atomic E-state index is 14.4. The molecule has 25 heavy (non-hydrogen) atoms. The van der Waals surface area contributed by atoms with Gasteiger partial charge < -0.3 is 4.98 Å². The molecule has 0 aliphatic heterocycles. The number of thiazole rings is 1. The van der Waals surface area contributed by atoms with Crippen LogP contribution in [0, 0.1) is 5.82 Å². The van der Waals surface area contributed by atoms with E-state index in [1.165, 1.54) is 0 Å². The number of halogens is 5. The number of alkyl halides is 3. The lowest BCUT2D eigenvalue weighted by atomic mass is 10.2. The van der Waals surface area contributed by atoms with Crippen LogP contribution in [-0.2, 0) is 12.6 Å². The van der Waals surface area contributed by atoms with E-state index in [-0.39, 0.29) is 21.3 Å². The number of hydrogen-bond acceptors (Lipinski definition) is 4. The Morgan fingerprint density at radius 2 is 2.00 bits per heavy atom. The second kappa shape index (κ2) is 5.95. The highest BCUT2D eigenvalue weighted by molar-refractivity contribution is 7.19. The molecule has 132 valence electrons. The van der Waals surface area contributed by atoms with Gasteiger partial charge in [0.1, 0.15) is 16.9 Å². The first kappa shape index (κ1) is 17.6. The molecule has 0 atom stereocenters. The van der Waals surface area contributed by atoms with Crippen LogP contribution in [0.1, 0.15) is 17.6 Å². The van der Waals surface area contributed by atoms with Crippen molar-refractivity contribution in [3.63, 3.8) is 0 Å². The summed E-state index contributed by atoms with van der Waals surface area (Å²) in [5.74, 6) is -1.02. The van der Waals surface area contributed by atoms with Gasteiger partial charge in [0.15, 0.2) is 5.82 Å². The van der Waals surface area contributed by atoms with Crippen LogP contribution in [0.3, 0.4) is 0 Å². The summed E-state index contributed by atoms with van der Waals surface area (Å²) in [6.45, 7) is 1.79. The fourth-order valence-electron chi connectivity index (χ4n) is 2.26. The molecule has 0 fully saturated rings. The van der Waals surface area contributed by atoms with Crippen LogP contribution in [0.25, 0.3) is 15.9 Å². The highest BCUT2D eigenvalue weighted by Gasteiger charge is 2.33. The zero-order valence-corrected chi connectivity index (χ0v) is 13.9. The summed E-state index contributed by atoms with van der Waals surface area (Å²) in [7, 11) is 0. The number of fused-ring (bicyclic) bond motifs is 1. The van der Waals surface area contributed by atoms with Gasteiger partial charge in [-0.05, 0) is 12.5 Å². The van der Waals surface area contributed by atoms with E-state index in [0.717, 1.165) is 17.4 Å². The molecule has 3 aromatic rings. The lowest BCUT2D eigenvalue weighted by Crippen LogP contribution is -2.36. The van der Waals surface area contributed by atoms with Gasteiger partial charge in [0, 0.05) is 6.07 Å². The van der Waals surface area contributed by atoms with E-state index in [1.54, 1.807) is 11.9 Å². The smallest absolute Gasteiger partial charge is 0.303 e. The van der Waals surface area contributed by atoms with Crippen molar-refractivity contribution in [3.05, 3.63) is 54.5 Å². The number of benzene rings is 1. The first-order valence-corrected chi connectivity index (χ1v) is 8.04. The van der Waals surface area contributed by atoms with Gasteiger partial charge in [0.05, 0.1) is 14.7 Å². The minimum Gasteiger partial charge on any atom is -0.303 e. The van der Waals surface area contributed by atoms with Gasteiger partial charge in [-0.15, -0.1) is 11.3 Å². The fourth-order valence-corrected chi connectivity index (χ4v) is 3.61. The largest absolute Gasteiger partial charge is 0.431 e. The van der Waals surface area contributed by atoms with Crippen LogP contribution in [0.15, 0.2) is 21.7 Å². The number of hydrogen-bond donors (Lipinski definition) is 1. The predicted octanol–water partition coefficient (Wildman–Crippen LogP) is 3.51. The molecule has 5 nitrogen and oxygen atoms in total. The van der Waals surface area contributed by atoms with Crippen LogP contribution in [0.4, 0.5) is 17.6 Å². The van der Waals surface area contributed by atoms with Crippen LogP contribution in [0.2, 0.25) is 5.02 Å². The molecule has 0 aliphatic carbocycles. The molecule has 0 radical (unpaired) electrons. The first-order chi connectivity index (χ1) is 11.6. The predicted molar refractivity (Wildman–Crippen MR) is 85.2 cm³/mol. The number of nitrogens with one attached hydrogen (secondary N) is 1. The molecule has 2 aromatic heterocycles. The average molecular weight is 394 g/mol. The Kier molecular flexibility index (Phi) is 4.20. The van der Waals surface area contributed by atoms with Crippen LogP contribution < -0.4 is 11.2 Å². The molecule has 0 saturated carbocycles. The molecule has 0 bridgehead atoms. The molecule has 2 heterocycles. The van der Waals surface area contributed by atoms with Crippen molar-refractivity contribution >= 4 is 33.2 Å². The van der Waals surface area contributed by atoms with Gasteiger partial charge in [-0.3, -0.25) is 4.79 Å². The van der Waals surface area contributed by atoms with E-state index in [9.17, 15) is 27.2 Å². The monoisotopic (exact) mass is 393 g/mol. The molecule has 0 amide bonds. The second-order valence-electron chi connectivity index (χ2n) is 4.99. The molecule has 11 heteroatoms. The van der Waals surface area contributed by atoms with Crippen molar-refractivity contribution in [2.24, 2.45) is 0 Å². The molecule has 0 aliphatic rings. The van der Waals surface area contributed by atoms with Gasteiger partial charge in [-0.25, -0.2) is 18.7 Å². The lowest BCUT2D eigenvalue weighted by molar-refractivity contribution is -0.141. The summed E-state index contributed by atoms with van der Waals surface area (Å²) >= 11 is 6.94. The Hall–Kier alpha value is -2.20. The molecule has 1 N–H and O–H groups in total. The number of aromatic nitrogens is 3. The third-order valence-electron chi connectivity index (χ3n) is 3.36. The van der Waals surface area contributed by atoms with Gasteiger partial charge >= 0.3 is 11.9 Å². The zero-order valence-electron chi connectivity index (χ0n) is 12.4. The summed E-state index contributed by atoms with van der Waals surface area (Å²) in [6.07, 6.45) is -4.42. The Morgan fingerprint density at radius 1 is 1.32 bits per heavy atom.